The first-order valence-electron chi connectivity index (χ1n) is 8.02. The Kier molecular flexibility index (Phi) is 8.18. The Morgan fingerprint density at radius 3 is 2.50 bits per heavy atom. The number of aromatic hydroxyl groups is 1. The minimum Gasteiger partial charge on any atom is -0.504 e. The Morgan fingerprint density at radius 2 is 1.95 bits per heavy atom. The lowest BCUT2D eigenvalue weighted by Crippen LogP contribution is -2.39. The Morgan fingerprint density at radius 1 is 1.23 bits per heavy atom. The quantitative estimate of drug-likeness (QED) is 0.510. The van der Waals surface area contributed by atoms with Gasteiger partial charge in [-0.2, -0.15) is 0 Å². The summed E-state index contributed by atoms with van der Waals surface area (Å²) in [5, 5.41) is 16.4. The van der Waals surface area contributed by atoms with Crippen LogP contribution in [0.3, 0.4) is 0 Å². The SMILES string of the molecule is CCNC(=NCc1ccc(OC)c(O)c1)NCC(CC)CC. The molecule has 1 rings (SSSR count). The molecule has 0 unspecified atom stereocenters. The predicted octanol–water partition coefficient (Wildman–Crippen LogP) is 2.89. The van der Waals surface area contributed by atoms with Crippen LogP contribution in [0.2, 0.25) is 0 Å². The van der Waals surface area contributed by atoms with Crippen LogP contribution in [0.25, 0.3) is 0 Å². The number of benzene rings is 1. The van der Waals surface area contributed by atoms with Crippen molar-refractivity contribution < 1.29 is 9.84 Å². The second kappa shape index (κ2) is 9.92. The van der Waals surface area contributed by atoms with Gasteiger partial charge in [0.05, 0.1) is 13.7 Å². The number of aliphatic imine (C=N–C) groups is 1. The molecule has 0 saturated heterocycles. The molecule has 0 amide bonds. The maximum absolute atomic E-state index is 9.80. The van der Waals surface area contributed by atoms with Gasteiger partial charge in [0.2, 0.25) is 0 Å². The molecule has 0 spiro atoms. The van der Waals surface area contributed by atoms with Crippen LogP contribution in [-0.4, -0.2) is 31.3 Å². The average Bonchev–Trinajstić information content (AvgIpc) is 2.53. The van der Waals surface area contributed by atoms with E-state index in [9.17, 15) is 5.11 Å². The highest BCUT2D eigenvalue weighted by atomic mass is 16.5. The summed E-state index contributed by atoms with van der Waals surface area (Å²) < 4.78 is 5.04. The highest BCUT2D eigenvalue weighted by Gasteiger charge is 2.06. The van der Waals surface area contributed by atoms with E-state index < -0.39 is 0 Å². The van der Waals surface area contributed by atoms with Gasteiger partial charge in [0, 0.05) is 13.1 Å². The molecule has 0 fully saturated rings. The van der Waals surface area contributed by atoms with Crippen molar-refractivity contribution in [2.45, 2.75) is 40.2 Å². The number of methoxy groups -OCH3 is 1. The molecule has 22 heavy (non-hydrogen) atoms. The topological polar surface area (TPSA) is 65.9 Å². The number of hydrogen-bond donors (Lipinski definition) is 3. The molecule has 0 atom stereocenters. The molecule has 5 nitrogen and oxygen atoms in total. The van der Waals surface area contributed by atoms with Crippen molar-refractivity contribution in [1.29, 1.82) is 0 Å². The molecule has 1 aromatic carbocycles. The number of hydrogen-bond acceptors (Lipinski definition) is 3. The van der Waals surface area contributed by atoms with Gasteiger partial charge in [-0.15, -0.1) is 0 Å². The predicted molar refractivity (Wildman–Crippen MR) is 91.5 cm³/mol. The zero-order valence-corrected chi connectivity index (χ0v) is 14.1. The van der Waals surface area contributed by atoms with Gasteiger partial charge in [-0.1, -0.05) is 32.8 Å². The van der Waals surface area contributed by atoms with E-state index in [0.29, 0.717) is 18.2 Å². The Bertz CT molecular complexity index is 471. The highest BCUT2D eigenvalue weighted by Crippen LogP contribution is 2.26. The zero-order valence-electron chi connectivity index (χ0n) is 14.1. The van der Waals surface area contributed by atoms with Crippen LogP contribution in [0.15, 0.2) is 23.2 Å². The molecular weight excluding hydrogens is 278 g/mol. The van der Waals surface area contributed by atoms with E-state index in [0.717, 1.165) is 37.5 Å². The molecule has 0 aliphatic heterocycles. The number of phenols is 1. The second-order valence-electron chi connectivity index (χ2n) is 5.26. The van der Waals surface area contributed by atoms with E-state index in [1.807, 2.05) is 13.0 Å². The van der Waals surface area contributed by atoms with Gasteiger partial charge in [0.1, 0.15) is 0 Å². The van der Waals surface area contributed by atoms with Gasteiger partial charge in [0.15, 0.2) is 17.5 Å². The fraction of sp³-hybridized carbons (Fsp3) is 0.588. The molecule has 0 heterocycles. The second-order valence-corrected chi connectivity index (χ2v) is 5.26. The standard InChI is InChI=1S/C17H29N3O2/c1-5-13(6-2)11-19-17(18-7-3)20-12-14-8-9-16(22-4)15(21)10-14/h8-10,13,21H,5-7,11-12H2,1-4H3,(H2,18,19,20). The van der Waals surface area contributed by atoms with Crippen molar-refractivity contribution in [3.63, 3.8) is 0 Å². The smallest absolute Gasteiger partial charge is 0.191 e. The Balaban J connectivity index is 2.66. The third-order valence-corrected chi connectivity index (χ3v) is 3.72. The lowest BCUT2D eigenvalue weighted by atomic mass is 10.0. The summed E-state index contributed by atoms with van der Waals surface area (Å²) in [6, 6.07) is 5.35. The van der Waals surface area contributed by atoms with E-state index in [1.165, 1.54) is 7.11 Å². The molecule has 0 bridgehead atoms. The fourth-order valence-corrected chi connectivity index (χ4v) is 2.16. The van der Waals surface area contributed by atoms with Gasteiger partial charge >= 0.3 is 0 Å². The molecular formula is C17H29N3O2. The normalized spacial score (nSPS) is 11.6. The molecule has 3 N–H and O–H groups in total. The first kappa shape index (κ1) is 18.1. The largest absolute Gasteiger partial charge is 0.504 e. The maximum Gasteiger partial charge on any atom is 0.191 e. The van der Waals surface area contributed by atoms with E-state index in [4.69, 9.17) is 4.74 Å². The minimum atomic E-state index is 0.144. The van der Waals surface area contributed by atoms with Gasteiger partial charge in [-0.25, -0.2) is 4.99 Å². The zero-order chi connectivity index (χ0) is 16.4. The third-order valence-electron chi connectivity index (χ3n) is 3.72. The van der Waals surface area contributed by atoms with Crippen LogP contribution in [-0.2, 0) is 6.54 Å². The molecule has 0 aliphatic carbocycles. The van der Waals surface area contributed by atoms with Crippen molar-refractivity contribution in [3.05, 3.63) is 23.8 Å². The van der Waals surface area contributed by atoms with E-state index in [1.54, 1.807) is 12.1 Å². The van der Waals surface area contributed by atoms with E-state index in [2.05, 4.69) is 29.5 Å². The molecule has 124 valence electrons. The summed E-state index contributed by atoms with van der Waals surface area (Å²) in [7, 11) is 1.54. The van der Waals surface area contributed by atoms with Crippen LogP contribution in [0, 0.1) is 5.92 Å². The number of rotatable bonds is 8. The van der Waals surface area contributed by atoms with Crippen molar-refractivity contribution in [1.82, 2.24) is 10.6 Å². The third kappa shape index (κ3) is 5.84. The summed E-state index contributed by atoms with van der Waals surface area (Å²) in [6.45, 7) is 8.72. The molecule has 5 heteroatoms. The highest BCUT2D eigenvalue weighted by molar-refractivity contribution is 5.79. The maximum atomic E-state index is 9.80. The van der Waals surface area contributed by atoms with Crippen molar-refractivity contribution in [3.8, 4) is 11.5 Å². The average molecular weight is 307 g/mol. The summed E-state index contributed by atoms with van der Waals surface area (Å²) in [5.74, 6) is 2.09. The molecule has 0 aromatic heterocycles. The van der Waals surface area contributed by atoms with Crippen LogP contribution in [0.5, 0.6) is 11.5 Å². The minimum absolute atomic E-state index is 0.144. The van der Waals surface area contributed by atoms with Crippen LogP contribution < -0.4 is 15.4 Å². The van der Waals surface area contributed by atoms with Crippen LogP contribution in [0.1, 0.15) is 39.2 Å². The molecule has 0 saturated carbocycles. The first-order chi connectivity index (χ1) is 10.6. The lowest BCUT2D eigenvalue weighted by molar-refractivity contribution is 0.373. The van der Waals surface area contributed by atoms with Gasteiger partial charge in [-0.3, -0.25) is 0 Å². The summed E-state index contributed by atoms with van der Waals surface area (Å²) in [6.07, 6.45) is 2.32. The van der Waals surface area contributed by atoms with Crippen LogP contribution in [0.4, 0.5) is 0 Å². The molecule has 0 radical (unpaired) electrons. The lowest BCUT2D eigenvalue weighted by Gasteiger charge is -2.16. The monoisotopic (exact) mass is 307 g/mol. The number of nitrogens with one attached hydrogen (secondary N) is 2. The van der Waals surface area contributed by atoms with Gasteiger partial charge in [0.25, 0.3) is 0 Å². The van der Waals surface area contributed by atoms with Crippen molar-refractivity contribution >= 4 is 5.96 Å². The summed E-state index contributed by atoms with van der Waals surface area (Å²) in [4.78, 5) is 4.56. The van der Waals surface area contributed by atoms with Crippen molar-refractivity contribution in [2.24, 2.45) is 10.9 Å². The fourth-order valence-electron chi connectivity index (χ4n) is 2.16. The van der Waals surface area contributed by atoms with Gasteiger partial charge in [-0.05, 0) is 30.5 Å². The number of guanidine groups is 1. The first-order valence-corrected chi connectivity index (χ1v) is 8.02. The number of phenolic OH excluding ortho intramolecular Hbond substituents is 1. The molecule has 0 aliphatic rings. The van der Waals surface area contributed by atoms with E-state index in [-0.39, 0.29) is 5.75 Å². The Hall–Kier alpha value is -1.91. The van der Waals surface area contributed by atoms with Crippen molar-refractivity contribution in [2.75, 3.05) is 20.2 Å². The molecule has 1 aromatic rings. The summed E-state index contributed by atoms with van der Waals surface area (Å²) >= 11 is 0. The van der Waals surface area contributed by atoms with E-state index >= 15 is 0 Å². The van der Waals surface area contributed by atoms with Gasteiger partial charge < -0.3 is 20.5 Å². The summed E-state index contributed by atoms with van der Waals surface area (Å²) in [5.41, 5.74) is 0.943. The van der Waals surface area contributed by atoms with Crippen LogP contribution >= 0.6 is 0 Å². The Labute approximate surface area is 133 Å². The number of nitrogens with zero attached hydrogens (tertiary/aromatic N) is 1. The number of ether oxygens (including phenoxy) is 1.